The van der Waals surface area contributed by atoms with Gasteiger partial charge in [0, 0.05) is 39.3 Å². The van der Waals surface area contributed by atoms with Crippen molar-refractivity contribution < 1.29 is 24.2 Å². The minimum atomic E-state index is -0.927. The normalized spacial score (nSPS) is 16.6. The molecule has 0 spiro atoms. The Morgan fingerprint density at radius 3 is 2.75 bits per heavy atom. The van der Waals surface area contributed by atoms with Gasteiger partial charge in [0.05, 0.1) is 12.5 Å². The van der Waals surface area contributed by atoms with Crippen molar-refractivity contribution in [1.29, 1.82) is 0 Å². The zero-order valence-corrected chi connectivity index (χ0v) is 14.8. The van der Waals surface area contributed by atoms with Crippen LogP contribution in [0.2, 0.25) is 0 Å². The Morgan fingerprint density at radius 2 is 2.08 bits per heavy atom. The molecule has 1 atom stereocenters. The van der Waals surface area contributed by atoms with E-state index in [0.717, 1.165) is 19.3 Å². The zero-order valence-electron chi connectivity index (χ0n) is 14.8. The third-order valence-corrected chi connectivity index (χ3v) is 4.19. The molecule has 1 aliphatic rings. The van der Waals surface area contributed by atoms with Crippen molar-refractivity contribution in [1.82, 2.24) is 9.80 Å². The lowest BCUT2D eigenvalue weighted by molar-refractivity contribution is -0.145. The number of amides is 2. The average Bonchev–Trinajstić information content (AvgIpc) is 2.74. The highest BCUT2D eigenvalue weighted by atomic mass is 16.5. The van der Waals surface area contributed by atoms with Gasteiger partial charge in [-0.15, -0.1) is 0 Å². The van der Waals surface area contributed by atoms with Gasteiger partial charge >= 0.3 is 5.97 Å². The summed E-state index contributed by atoms with van der Waals surface area (Å²) < 4.78 is 5.28. The molecule has 24 heavy (non-hydrogen) atoms. The Labute approximate surface area is 143 Å². The molecule has 1 saturated heterocycles. The number of carbonyl (C=O) groups excluding carboxylic acids is 2. The molecule has 7 nitrogen and oxygen atoms in total. The van der Waals surface area contributed by atoms with Crippen LogP contribution >= 0.6 is 0 Å². The van der Waals surface area contributed by atoms with Gasteiger partial charge in [0.15, 0.2) is 0 Å². The smallest absolute Gasteiger partial charge is 0.308 e. The molecule has 0 aliphatic carbocycles. The molecule has 0 bridgehead atoms. The highest BCUT2D eigenvalue weighted by Crippen LogP contribution is 2.12. The molecule has 0 aromatic heterocycles. The number of carboxylic acids is 1. The number of rotatable bonds is 10. The fourth-order valence-corrected chi connectivity index (χ4v) is 2.70. The lowest BCUT2D eigenvalue weighted by Gasteiger charge is -2.28. The van der Waals surface area contributed by atoms with Gasteiger partial charge in [-0.25, -0.2) is 0 Å². The van der Waals surface area contributed by atoms with Gasteiger partial charge in [-0.1, -0.05) is 13.3 Å². The van der Waals surface area contributed by atoms with Crippen LogP contribution < -0.4 is 0 Å². The van der Waals surface area contributed by atoms with E-state index in [2.05, 4.69) is 0 Å². The summed E-state index contributed by atoms with van der Waals surface area (Å²) in [7, 11) is 0. The van der Waals surface area contributed by atoms with Crippen LogP contribution in [-0.4, -0.2) is 72.1 Å². The number of ether oxygens (including phenoxy) is 1. The Balaban J connectivity index is 2.62. The van der Waals surface area contributed by atoms with E-state index >= 15 is 0 Å². The number of hydrogen-bond donors (Lipinski definition) is 1. The fraction of sp³-hybridized carbons (Fsp3) is 0.824. The van der Waals surface area contributed by atoms with Gasteiger partial charge in [-0.05, 0) is 26.2 Å². The van der Waals surface area contributed by atoms with Crippen LogP contribution in [0.5, 0.6) is 0 Å². The standard InChI is InChI=1S/C17H30N2O5/c1-3-24-11-7-10-18(12-14(2)17(22)23)16(21)13-19-9-6-4-5-8-15(19)20/h14H,3-13H2,1-2H3,(H,22,23). The van der Waals surface area contributed by atoms with Crippen molar-refractivity contribution in [2.45, 2.75) is 46.0 Å². The molecule has 7 heteroatoms. The molecule has 1 fully saturated rings. The van der Waals surface area contributed by atoms with Crippen LogP contribution in [0.25, 0.3) is 0 Å². The summed E-state index contributed by atoms with van der Waals surface area (Å²) in [6.07, 6.45) is 3.93. The van der Waals surface area contributed by atoms with E-state index in [0.29, 0.717) is 39.1 Å². The molecule has 0 aromatic rings. The lowest BCUT2D eigenvalue weighted by atomic mass is 10.1. The van der Waals surface area contributed by atoms with Gasteiger partial charge in [-0.2, -0.15) is 0 Å². The van der Waals surface area contributed by atoms with Crippen molar-refractivity contribution in [3.8, 4) is 0 Å². The van der Waals surface area contributed by atoms with Crippen LogP contribution in [0, 0.1) is 5.92 Å². The summed E-state index contributed by atoms with van der Waals surface area (Å²) in [6, 6.07) is 0. The first-order valence-corrected chi connectivity index (χ1v) is 8.81. The van der Waals surface area contributed by atoms with Crippen molar-refractivity contribution in [2.75, 3.05) is 39.4 Å². The van der Waals surface area contributed by atoms with Gasteiger partial charge in [0.1, 0.15) is 0 Å². The number of hydrogen-bond acceptors (Lipinski definition) is 4. The van der Waals surface area contributed by atoms with E-state index in [-0.39, 0.29) is 24.9 Å². The maximum Gasteiger partial charge on any atom is 0.308 e. The summed E-state index contributed by atoms with van der Waals surface area (Å²) in [4.78, 5) is 38.9. The van der Waals surface area contributed by atoms with E-state index in [1.165, 1.54) is 0 Å². The monoisotopic (exact) mass is 342 g/mol. The second-order valence-electron chi connectivity index (χ2n) is 6.26. The molecular weight excluding hydrogens is 312 g/mol. The number of likely N-dealkylation sites (tertiary alicyclic amines) is 1. The number of aliphatic carboxylic acids is 1. The topological polar surface area (TPSA) is 87.2 Å². The van der Waals surface area contributed by atoms with Crippen molar-refractivity contribution >= 4 is 17.8 Å². The molecule has 1 heterocycles. The average molecular weight is 342 g/mol. The Morgan fingerprint density at radius 1 is 1.33 bits per heavy atom. The predicted octanol–water partition coefficient (Wildman–Crippen LogP) is 1.36. The van der Waals surface area contributed by atoms with E-state index in [4.69, 9.17) is 9.84 Å². The molecule has 0 saturated carbocycles. The zero-order chi connectivity index (χ0) is 17.9. The summed E-state index contributed by atoms with van der Waals surface area (Å²) >= 11 is 0. The molecule has 1 N–H and O–H groups in total. The van der Waals surface area contributed by atoms with E-state index in [1.807, 2.05) is 6.92 Å². The van der Waals surface area contributed by atoms with Crippen molar-refractivity contribution in [3.05, 3.63) is 0 Å². The molecule has 1 unspecified atom stereocenters. The summed E-state index contributed by atoms with van der Waals surface area (Å²) in [5.74, 6) is -1.74. The molecule has 0 radical (unpaired) electrons. The van der Waals surface area contributed by atoms with E-state index in [1.54, 1.807) is 16.7 Å². The van der Waals surface area contributed by atoms with Crippen LogP contribution in [0.4, 0.5) is 0 Å². The highest BCUT2D eigenvalue weighted by molar-refractivity contribution is 5.85. The number of carboxylic acid groups (broad SMARTS) is 1. The summed E-state index contributed by atoms with van der Waals surface area (Å²) in [6.45, 7) is 5.88. The largest absolute Gasteiger partial charge is 0.481 e. The summed E-state index contributed by atoms with van der Waals surface area (Å²) in [5.41, 5.74) is 0. The molecule has 1 aliphatic heterocycles. The lowest BCUT2D eigenvalue weighted by Crippen LogP contribution is -2.45. The van der Waals surface area contributed by atoms with Gasteiger partial charge in [0.25, 0.3) is 0 Å². The first kappa shape index (κ1) is 20.4. The Kier molecular flexibility index (Phi) is 9.37. The molecule has 2 amide bonds. The Hall–Kier alpha value is -1.63. The SMILES string of the molecule is CCOCCCN(CC(C)C(=O)O)C(=O)CN1CCCCCC1=O. The molecular formula is C17H30N2O5. The van der Waals surface area contributed by atoms with Gasteiger partial charge < -0.3 is 19.6 Å². The van der Waals surface area contributed by atoms with Crippen molar-refractivity contribution in [3.63, 3.8) is 0 Å². The molecule has 0 aromatic carbocycles. The first-order valence-electron chi connectivity index (χ1n) is 8.81. The number of carbonyl (C=O) groups is 3. The van der Waals surface area contributed by atoms with Crippen LogP contribution in [0.15, 0.2) is 0 Å². The van der Waals surface area contributed by atoms with Gasteiger partial charge in [-0.3, -0.25) is 14.4 Å². The third kappa shape index (κ3) is 7.29. The van der Waals surface area contributed by atoms with Crippen LogP contribution in [-0.2, 0) is 19.1 Å². The molecule has 1 rings (SSSR count). The van der Waals surface area contributed by atoms with Gasteiger partial charge in [0.2, 0.25) is 11.8 Å². The van der Waals surface area contributed by atoms with Crippen molar-refractivity contribution in [2.24, 2.45) is 5.92 Å². The predicted molar refractivity (Wildman–Crippen MR) is 89.5 cm³/mol. The van der Waals surface area contributed by atoms with E-state index < -0.39 is 11.9 Å². The van der Waals surface area contributed by atoms with Crippen LogP contribution in [0.1, 0.15) is 46.0 Å². The highest BCUT2D eigenvalue weighted by Gasteiger charge is 2.24. The quantitative estimate of drug-likeness (QED) is 0.606. The Bertz CT molecular complexity index is 427. The number of nitrogens with zero attached hydrogens (tertiary/aromatic N) is 2. The maximum absolute atomic E-state index is 12.6. The third-order valence-electron chi connectivity index (χ3n) is 4.19. The summed E-state index contributed by atoms with van der Waals surface area (Å²) in [5, 5.41) is 9.10. The minimum absolute atomic E-state index is 0.0152. The fourth-order valence-electron chi connectivity index (χ4n) is 2.70. The minimum Gasteiger partial charge on any atom is -0.481 e. The van der Waals surface area contributed by atoms with E-state index in [9.17, 15) is 14.4 Å². The maximum atomic E-state index is 12.6. The van der Waals surface area contributed by atoms with Crippen LogP contribution in [0.3, 0.4) is 0 Å². The second-order valence-corrected chi connectivity index (χ2v) is 6.26. The molecule has 138 valence electrons. The first-order chi connectivity index (χ1) is 11.5. The second kappa shape index (κ2) is 11.0.